The normalized spacial score (nSPS) is 11.1. The van der Waals surface area contributed by atoms with E-state index in [0.29, 0.717) is 6.54 Å². The molecule has 3 rings (SSSR count). The molecule has 2 aromatic heterocycles. The van der Waals surface area contributed by atoms with Crippen molar-refractivity contribution in [3.8, 4) is 0 Å². The Morgan fingerprint density at radius 2 is 1.89 bits per heavy atom. The molecule has 1 aromatic carbocycles. The molecule has 0 aliphatic carbocycles. The molecule has 0 saturated heterocycles. The first-order chi connectivity index (χ1) is 9.29. The van der Waals surface area contributed by atoms with Crippen molar-refractivity contribution in [3.63, 3.8) is 0 Å². The number of fused-ring (bicyclic) bond motifs is 1. The highest BCUT2D eigenvalue weighted by molar-refractivity contribution is 5.71. The topological polar surface area (TPSA) is 56.7 Å². The minimum atomic E-state index is 0.554. The molecule has 0 amide bonds. The molecule has 0 spiro atoms. The van der Waals surface area contributed by atoms with Gasteiger partial charge in [0.05, 0.1) is 0 Å². The average Bonchev–Trinajstić information content (AvgIpc) is 2.77. The molecule has 0 aliphatic rings. The molecule has 0 unspecified atom stereocenters. The van der Waals surface area contributed by atoms with Crippen LogP contribution in [0.4, 0.5) is 0 Å². The number of aryl methyl sites for hydroxylation is 1. The maximum atomic E-state index is 5.78. The molecule has 0 saturated carbocycles. The number of rotatable bonds is 3. The summed E-state index contributed by atoms with van der Waals surface area (Å²) in [6.45, 7) is 0.554. The largest absolute Gasteiger partial charge is 0.326 e. The maximum Gasteiger partial charge on any atom is 0.159 e. The Morgan fingerprint density at radius 1 is 1.11 bits per heavy atom. The summed E-state index contributed by atoms with van der Waals surface area (Å²) < 4.78 is 2.04. The molecule has 2 N–H and O–H groups in total. The van der Waals surface area contributed by atoms with Crippen molar-refractivity contribution >= 4 is 11.2 Å². The summed E-state index contributed by atoms with van der Waals surface area (Å²) in [7, 11) is 2.00. The average molecular weight is 252 g/mol. The number of hydrogen-bond acceptors (Lipinski definition) is 3. The Hall–Kier alpha value is -2.20. The lowest BCUT2D eigenvalue weighted by Gasteiger charge is -2.07. The van der Waals surface area contributed by atoms with Gasteiger partial charge in [-0.1, -0.05) is 24.3 Å². The van der Waals surface area contributed by atoms with Crippen molar-refractivity contribution in [2.75, 3.05) is 0 Å². The van der Waals surface area contributed by atoms with Crippen LogP contribution in [0.1, 0.15) is 17.0 Å². The highest BCUT2D eigenvalue weighted by Crippen LogP contribution is 2.17. The Labute approximate surface area is 111 Å². The molecule has 0 aliphatic heterocycles. The van der Waals surface area contributed by atoms with Gasteiger partial charge >= 0.3 is 0 Å². The summed E-state index contributed by atoms with van der Waals surface area (Å²) in [5.41, 5.74) is 10.0. The van der Waals surface area contributed by atoms with Crippen LogP contribution in [0.3, 0.4) is 0 Å². The molecular weight excluding hydrogens is 236 g/mol. The molecule has 4 nitrogen and oxygen atoms in total. The van der Waals surface area contributed by atoms with Crippen LogP contribution >= 0.6 is 0 Å². The van der Waals surface area contributed by atoms with Gasteiger partial charge in [-0.25, -0.2) is 9.97 Å². The van der Waals surface area contributed by atoms with Gasteiger partial charge in [0.15, 0.2) is 5.65 Å². The third-order valence-electron chi connectivity index (χ3n) is 3.41. The minimum absolute atomic E-state index is 0.554. The Morgan fingerprint density at radius 3 is 2.63 bits per heavy atom. The van der Waals surface area contributed by atoms with Crippen LogP contribution < -0.4 is 5.73 Å². The van der Waals surface area contributed by atoms with Crippen LogP contribution in [0.15, 0.2) is 42.6 Å². The number of nitrogens with two attached hydrogens (primary N) is 1. The van der Waals surface area contributed by atoms with Gasteiger partial charge < -0.3 is 10.3 Å². The van der Waals surface area contributed by atoms with Gasteiger partial charge in [0, 0.05) is 26.2 Å². The second-order valence-corrected chi connectivity index (χ2v) is 4.58. The fourth-order valence-electron chi connectivity index (χ4n) is 2.33. The van der Waals surface area contributed by atoms with E-state index in [4.69, 9.17) is 5.73 Å². The molecule has 19 heavy (non-hydrogen) atoms. The third kappa shape index (κ3) is 2.11. The van der Waals surface area contributed by atoms with Crippen LogP contribution in [0.25, 0.3) is 11.2 Å². The van der Waals surface area contributed by atoms with Crippen molar-refractivity contribution in [2.45, 2.75) is 13.0 Å². The molecule has 0 bridgehead atoms. The van der Waals surface area contributed by atoms with Crippen molar-refractivity contribution in [1.29, 1.82) is 0 Å². The van der Waals surface area contributed by atoms with E-state index in [0.717, 1.165) is 23.4 Å². The number of aromatic nitrogens is 3. The van der Waals surface area contributed by atoms with Crippen LogP contribution in [-0.4, -0.2) is 14.5 Å². The summed E-state index contributed by atoms with van der Waals surface area (Å²) in [6, 6.07) is 12.1. The number of nitrogens with zero attached hydrogens (tertiary/aromatic N) is 3. The van der Waals surface area contributed by atoms with E-state index < -0.39 is 0 Å². The first-order valence-corrected chi connectivity index (χ1v) is 6.33. The van der Waals surface area contributed by atoms with E-state index in [1.54, 1.807) is 6.20 Å². The van der Waals surface area contributed by atoms with Crippen molar-refractivity contribution in [2.24, 2.45) is 12.8 Å². The predicted octanol–water partition coefficient (Wildman–Crippen LogP) is 2.02. The molecule has 3 aromatic rings. The summed E-state index contributed by atoms with van der Waals surface area (Å²) in [5.74, 6) is 1.01. The number of pyridine rings is 1. The molecule has 4 heteroatoms. The predicted molar refractivity (Wildman–Crippen MR) is 75.6 cm³/mol. The zero-order valence-corrected chi connectivity index (χ0v) is 10.9. The standard InChI is InChI=1S/C15H16N4/c1-19-14(18-13-7-4-8-17-15(13)19)9-11-5-2-3-6-12(11)10-16/h2-8H,9-10,16H2,1H3. The van der Waals surface area contributed by atoms with Crippen LogP contribution in [0.2, 0.25) is 0 Å². The minimum Gasteiger partial charge on any atom is -0.326 e. The van der Waals surface area contributed by atoms with E-state index in [9.17, 15) is 0 Å². The zero-order valence-electron chi connectivity index (χ0n) is 10.9. The molecule has 0 radical (unpaired) electrons. The Balaban J connectivity index is 2.03. The molecular formula is C15H16N4. The molecule has 0 atom stereocenters. The fraction of sp³-hybridized carbons (Fsp3) is 0.200. The smallest absolute Gasteiger partial charge is 0.159 e. The Bertz CT molecular complexity index is 715. The van der Waals surface area contributed by atoms with E-state index in [-0.39, 0.29) is 0 Å². The van der Waals surface area contributed by atoms with Gasteiger partial charge in [0.2, 0.25) is 0 Å². The van der Waals surface area contributed by atoms with Crippen LogP contribution in [0.5, 0.6) is 0 Å². The number of imidazole rings is 1. The summed E-state index contributed by atoms with van der Waals surface area (Å²) >= 11 is 0. The van der Waals surface area contributed by atoms with Gasteiger partial charge in [0.1, 0.15) is 11.3 Å². The molecule has 2 heterocycles. The third-order valence-corrected chi connectivity index (χ3v) is 3.41. The van der Waals surface area contributed by atoms with Crippen molar-refractivity contribution in [1.82, 2.24) is 14.5 Å². The number of benzene rings is 1. The van der Waals surface area contributed by atoms with Crippen molar-refractivity contribution < 1.29 is 0 Å². The van der Waals surface area contributed by atoms with Crippen LogP contribution in [0, 0.1) is 0 Å². The maximum absolute atomic E-state index is 5.78. The van der Waals surface area contributed by atoms with E-state index >= 15 is 0 Å². The highest BCUT2D eigenvalue weighted by Gasteiger charge is 2.10. The second-order valence-electron chi connectivity index (χ2n) is 4.58. The molecule has 96 valence electrons. The zero-order chi connectivity index (χ0) is 13.2. The Kier molecular flexibility index (Phi) is 3.01. The lowest BCUT2D eigenvalue weighted by molar-refractivity contribution is 0.829. The second kappa shape index (κ2) is 4.82. The summed E-state index contributed by atoms with van der Waals surface area (Å²) in [4.78, 5) is 9.00. The van der Waals surface area contributed by atoms with E-state index in [1.165, 1.54) is 11.1 Å². The molecule has 0 fully saturated rings. The lowest BCUT2D eigenvalue weighted by Crippen LogP contribution is -2.05. The van der Waals surface area contributed by atoms with Gasteiger partial charge in [-0.2, -0.15) is 0 Å². The van der Waals surface area contributed by atoms with E-state index in [2.05, 4.69) is 22.1 Å². The summed E-state index contributed by atoms with van der Waals surface area (Å²) in [6.07, 6.45) is 2.57. The fourth-order valence-corrected chi connectivity index (χ4v) is 2.33. The first kappa shape index (κ1) is 11.9. The van der Waals surface area contributed by atoms with Gasteiger partial charge in [-0.05, 0) is 23.3 Å². The van der Waals surface area contributed by atoms with Crippen molar-refractivity contribution in [3.05, 3.63) is 59.5 Å². The highest BCUT2D eigenvalue weighted by atomic mass is 15.1. The van der Waals surface area contributed by atoms with E-state index in [1.807, 2.05) is 35.9 Å². The summed E-state index contributed by atoms with van der Waals surface area (Å²) in [5, 5.41) is 0. The SMILES string of the molecule is Cn1c(Cc2ccccc2CN)nc2cccnc21. The van der Waals surface area contributed by atoms with Gasteiger partial charge in [-0.3, -0.25) is 0 Å². The van der Waals surface area contributed by atoms with Gasteiger partial charge in [0.25, 0.3) is 0 Å². The number of hydrogen-bond donors (Lipinski definition) is 1. The monoisotopic (exact) mass is 252 g/mol. The quantitative estimate of drug-likeness (QED) is 0.776. The van der Waals surface area contributed by atoms with Crippen LogP contribution in [-0.2, 0) is 20.0 Å². The van der Waals surface area contributed by atoms with Gasteiger partial charge in [-0.15, -0.1) is 0 Å². The lowest BCUT2D eigenvalue weighted by atomic mass is 10.0. The first-order valence-electron chi connectivity index (χ1n) is 6.33.